The molecule has 0 spiro atoms. The van der Waals surface area contributed by atoms with Crippen LogP contribution in [-0.2, 0) is 4.79 Å². The molecule has 9 heteroatoms. The highest BCUT2D eigenvalue weighted by Gasteiger charge is 2.12. The number of hydrogen-bond acceptors (Lipinski definition) is 6. The van der Waals surface area contributed by atoms with E-state index in [1.165, 1.54) is 30.0 Å². The molecule has 0 unspecified atom stereocenters. The van der Waals surface area contributed by atoms with E-state index in [0.29, 0.717) is 22.2 Å². The lowest BCUT2D eigenvalue weighted by molar-refractivity contribution is -0.113. The van der Waals surface area contributed by atoms with Gasteiger partial charge < -0.3 is 5.32 Å². The Morgan fingerprint density at radius 1 is 1.07 bits per heavy atom. The van der Waals surface area contributed by atoms with Crippen molar-refractivity contribution in [1.29, 1.82) is 0 Å². The van der Waals surface area contributed by atoms with Gasteiger partial charge in [0.05, 0.1) is 11.4 Å². The highest BCUT2D eigenvalue weighted by molar-refractivity contribution is 7.99. The Hall–Kier alpha value is -3.33. The number of fused-ring (bicyclic) bond motifs is 1. The van der Waals surface area contributed by atoms with Crippen molar-refractivity contribution in [2.24, 2.45) is 0 Å². The lowest BCUT2D eigenvalue weighted by Crippen LogP contribution is -2.14. The number of benzene rings is 1. The molecule has 4 aromatic rings. The Balaban J connectivity index is 1.49. The smallest absolute Gasteiger partial charge is 0.234 e. The molecular formula is C18H13FN6OS. The van der Waals surface area contributed by atoms with Crippen LogP contribution in [0.5, 0.6) is 0 Å². The summed E-state index contributed by atoms with van der Waals surface area (Å²) in [6.45, 7) is 0. The number of hydrogen-bond donors (Lipinski definition) is 1. The van der Waals surface area contributed by atoms with E-state index in [4.69, 9.17) is 0 Å². The quantitative estimate of drug-likeness (QED) is 0.536. The molecule has 0 aliphatic rings. The van der Waals surface area contributed by atoms with E-state index in [0.717, 1.165) is 5.69 Å². The van der Waals surface area contributed by atoms with Gasteiger partial charge in [0.1, 0.15) is 11.5 Å². The fourth-order valence-electron chi connectivity index (χ4n) is 2.40. The molecule has 0 bridgehead atoms. The van der Waals surface area contributed by atoms with Crippen molar-refractivity contribution >= 4 is 29.0 Å². The molecular weight excluding hydrogens is 367 g/mol. The second kappa shape index (κ2) is 7.50. The molecule has 0 saturated heterocycles. The van der Waals surface area contributed by atoms with Crippen LogP contribution in [-0.4, -0.2) is 36.5 Å². The summed E-state index contributed by atoms with van der Waals surface area (Å²) in [6, 6.07) is 14.9. The van der Waals surface area contributed by atoms with Gasteiger partial charge in [-0.15, -0.1) is 10.2 Å². The molecule has 1 N–H and O–H groups in total. The van der Waals surface area contributed by atoms with Crippen molar-refractivity contribution < 1.29 is 9.18 Å². The fourth-order valence-corrected chi connectivity index (χ4v) is 3.09. The van der Waals surface area contributed by atoms with Gasteiger partial charge >= 0.3 is 0 Å². The third-order valence-electron chi connectivity index (χ3n) is 3.60. The van der Waals surface area contributed by atoms with E-state index in [-0.39, 0.29) is 11.7 Å². The van der Waals surface area contributed by atoms with Crippen LogP contribution in [0.25, 0.3) is 17.0 Å². The summed E-state index contributed by atoms with van der Waals surface area (Å²) >= 11 is 1.19. The lowest BCUT2D eigenvalue weighted by atomic mass is 10.2. The van der Waals surface area contributed by atoms with Gasteiger partial charge in [0.2, 0.25) is 11.1 Å². The first-order chi connectivity index (χ1) is 13.2. The fraction of sp³-hybridized carbons (Fsp3) is 0.0556. The van der Waals surface area contributed by atoms with E-state index in [9.17, 15) is 9.18 Å². The molecule has 1 aromatic carbocycles. The molecule has 3 aromatic heterocycles. The van der Waals surface area contributed by atoms with Crippen molar-refractivity contribution in [2.75, 3.05) is 11.1 Å². The minimum Gasteiger partial charge on any atom is -0.325 e. The zero-order chi connectivity index (χ0) is 18.6. The normalized spacial score (nSPS) is 10.9. The highest BCUT2D eigenvalue weighted by atomic mass is 32.2. The SMILES string of the molecule is O=C(CSc1nnc2ccc(-c3ccccn3)nn12)Nc1cccc(F)c1. The number of thioether (sulfide) groups is 1. The Kier molecular flexibility index (Phi) is 4.75. The standard InChI is InChI=1S/C18H13FN6OS/c19-12-4-3-5-13(10-12)21-17(26)11-27-18-23-22-16-8-7-15(24-25(16)18)14-6-1-2-9-20-14/h1-10H,11H2,(H,21,26). The maximum absolute atomic E-state index is 13.2. The predicted molar refractivity (Wildman–Crippen MR) is 99.8 cm³/mol. The predicted octanol–water partition coefficient (Wildman–Crippen LogP) is 3.06. The molecule has 4 rings (SSSR count). The molecule has 27 heavy (non-hydrogen) atoms. The van der Waals surface area contributed by atoms with Gasteiger partial charge in [-0.3, -0.25) is 9.78 Å². The number of carbonyl (C=O) groups excluding carboxylic acids is 1. The average Bonchev–Trinajstić information content (AvgIpc) is 3.09. The van der Waals surface area contributed by atoms with Crippen LogP contribution in [0.4, 0.5) is 10.1 Å². The largest absolute Gasteiger partial charge is 0.325 e. The van der Waals surface area contributed by atoms with Gasteiger partial charge in [-0.1, -0.05) is 23.9 Å². The zero-order valence-electron chi connectivity index (χ0n) is 13.9. The molecule has 0 aliphatic carbocycles. The first-order valence-corrected chi connectivity index (χ1v) is 9.00. The van der Waals surface area contributed by atoms with E-state index in [1.807, 2.05) is 24.3 Å². The number of nitrogens with zero attached hydrogens (tertiary/aromatic N) is 5. The number of anilines is 1. The number of pyridine rings is 1. The summed E-state index contributed by atoms with van der Waals surface area (Å²) < 4.78 is 14.8. The first kappa shape index (κ1) is 17.1. The summed E-state index contributed by atoms with van der Waals surface area (Å²) in [4.78, 5) is 16.4. The molecule has 7 nitrogen and oxygen atoms in total. The van der Waals surface area contributed by atoms with Crippen molar-refractivity contribution in [3.8, 4) is 11.4 Å². The molecule has 0 saturated carbocycles. The third kappa shape index (κ3) is 3.93. The second-order valence-corrected chi connectivity index (χ2v) is 6.48. The Bertz CT molecular complexity index is 1100. The molecule has 0 atom stereocenters. The summed E-state index contributed by atoms with van der Waals surface area (Å²) in [5, 5.41) is 15.8. The first-order valence-electron chi connectivity index (χ1n) is 8.01. The number of rotatable bonds is 5. The minimum atomic E-state index is -0.407. The average molecular weight is 380 g/mol. The van der Waals surface area contributed by atoms with Gasteiger partial charge in [0, 0.05) is 11.9 Å². The van der Waals surface area contributed by atoms with Gasteiger partial charge in [0.15, 0.2) is 5.65 Å². The van der Waals surface area contributed by atoms with Crippen LogP contribution in [0.3, 0.4) is 0 Å². The van der Waals surface area contributed by atoms with Crippen LogP contribution in [0.15, 0.2) is 66.0 Å². The second-order valence-electron chi connectivity index (χ2n) is 5.53. The Morgan fingerprint density at radius 3 is 2.81 bits per heavy atom. The van der Waals surface area contributed by atoms with Crippen LogP contribution >= 0.6 is 11.8 Å². The summed E-state index contributed by atoms with van der Waals surface area (Å²) in [5.74, 6) is -0.592. The van der Waals surface area contributed by atoms with Crippen LogP contribution < -0.4 is 5.32 Å². The number of aromatic nitrogens is 5. The van der Waals surface area contributed by atoms with Crippen molar-refractivity contribution in [3.05, 3.63) is 66.6 Å². The van der Waals surface area contributed by atoms with Crippen LogP contribution in [0.1, 0.15) is 0 Å². The topological polar surface area (TPSA) is 85.1 Å². The molecule has 134 valence electrons. The summed E-state index contributed by atoms with van der Waals surface area (Å²) in [6.07, 6.45) is 1.69. The van der Waals surface area contributed by atoms with Gasteiger partial charge in [-0.05, 0) is 42.5 Å². The zero-order valence-corrected chi connectivity index (χ0v) is 14.7. The molecule has 0 aliphatic heterocycles. The van der Waals surface area contributed by atoms with Crippen molar-refractivity contribution in [3.63, 3.8) is 0 Å². The van der Waals surface area contributed by atoms with E-state index >= 15 is 0 Å². The number of amides is 1. The van der Waals surface area contributed by atoms with E-state index in [2.05, 4.69) is 25.6 Å². The van der Waals surface area contributed by atoms with Gasteiger partial charge in [0.25, 0.3) is 0 Å². The number of nitrogens with one attached hydrogen (secondary N) is 1. The van der Waals surface area contributed by atoms with E-state index in [1.54, 1.807) is 22.8 Å². The third-order valence-corrected chi connectivity index (χ3v) is 4.52. The molecule has 0 radical (unpaired) electrons. The molecule has 1 amide bonds. The number of carbonyl (C=O) groups is 1. The maximum Gasteiger partial charge on any atom is 0.234 e. The minimum absolute atomic E-state index is 0.0901. The van der Waals surface area contributed by atoms with Crippen LogP contribution in [0, 0.1) is 5.82 Å². The Morgan fingerprint density at radius 2 is 2.00 bits per heavy atom. The van der Waals surface area contributed by atoms with Gasteiger partial charge in [-0.2, -0.15) is 9.61 Å². The lowest BCUT2D eigenvalue weighted by Gasteiger charge is -2.05. The Labute approximate surface area is 157 Å². The molecule has 0 fully saturated rings. The summed E-state index contributed by atoms with van der Waals surface area (Å²) in [7, 11) is 0. The van der Waals surface area contributed by atoms with E-state index < -0.39 is 5.82 Å². The van der Waals surface area contributed by atoms with Crippen LogP contribution in [0.2, 0.25) is 0 Å². The van der Waals surface area contributed by atoms with Crippen molar-refractivity contribution in [2.45, 2.75) is 5.16 Å². The highest BCUT2D eigenvalue weighted by Crippen LogP contribution is 2.19. The summed E-state index contributed by atoms with van der Waals surface area (Å²) in [5.41, 5.74) is 2.38. The molecule has 3 heterocycles. The number of halogens is 1. The van der Waals surface area contributed by atoms with Crippen molar-refractivity contribution in [1.82, 2.24) is 24.8 Å². The maximum atomic E-state index is 13.2. The van der Waals surface area contributed by atoms with Gasteiger partial charge in [-0.25, -0.2) is 4.39 Å². The monoisotopic (exact) mass is 380 g/mol.